The van der Waals surface area contributed by atoms with E-state index < -0.39 is 23.4 Å². The molecule has 0 atom stereocenters. The lowest BCUT2D eigenvalue weighted by Gasteiger charge is -2.27. The van der Waals surface area contributed by atoms with E-state index >= 15 is 0 Å². The Morgan fingerprint density at radius 1 is 0.900 bits per heavy atom. The van der Waals surface area contributed by atoms with Gasteiger partial charge in [0.15, 0.2) is 0 Å². The number of rotatable bonds is 1. The fourth-order valence-electron chi connectivity index (χ4n) is 0.967. The fourth-order valence-corrected chi connectivity index (χ4v) is 0.967. The molecule has 0 saturated heterocycles. The van der Waals surface area contributed by atoms with Crippen molar-refractivity contribution in [2.24, 2.45) is 0 Å². The molecule has 6 heteroatoms. The largest absolute Gasteiger partial charge is 0.443 e. The van der Waals surface area contributed by atoms with Gasteiger partial charge in [-0.25, -0.2) is 14.5 Å². The summed E-state index contributed by atoms with van der Waals surface area (Å²) >= 11 is 3.15. The highest BCUT2D eigenvalue weighted by molar-refractivity contribution is 9.09. The molecule has 0 aromatic carbocycles. The summed E-state index contributed by atoms with van der Waals surface area (Å²) in [5.41, 5.74) is -1.26. The first kappa shape index (κ1) is 21.5. The summed E-state index contributed by atoms with van der Waals surface area (Å²) in [4.78, 5) is 24.4. The average molecular weight is 354 g/mol. The zero-order valence-electron chi connectivity index (χ0n) is 13.9. The molecule has 0 N–H and O–H groups in total. The van der Waals surface area contributed by atoms with Gasteiger partial charge in [0.25, 0.3) is 0 Å². The molecule has 0 heterocycles. The van der Waals surface area contributed by atoms with Crippen molar-refractivity contribution in [2.45, 2.75) is 66.6 Å². The summed E-state index contributed by atoms with van der Waals surface area (Å²) in [6.07, 6.45) is -1.37. The predicted molar refractivity (Wildman–Crippen MR) is 84.3 cm³/mol. The molecule has 0 aromatic rings. The normalized spacial score (nSPS) is 11.1. The monoisotopic (exact) mass is 353 g/mol. The van der Waals surface area contributed by atoms with Gasteiger partial charge in [0, 0.05) is 11.9 Å². The Balaban J connectivity index is 0. The number of halogens is 1. The third-order valence-corrected chi connectivity index (χ3v) is 1.54. The highest BCUT2D eigenvalue weighted by Gasteiger charge is 2.29. The minimum Gasteiger partial charge on any atom is -0.443 e. The lowest BCUT2D eigenvalue weighted by molar-refractivity contribution is 0.00256. The fraction of sp³-hybridized carbons (Fsp3) is 0.857. The van der Waals surface area contributed by atoms with Crippen molar-refractivity contribution in [3.05, 3.63) is 0 Å². The van der Waals surface area contributed by atoms with Gasteiger partial charge in [-0.1, -0.05) is 22.9 Å². The summed E-state index contributed by atoms with van der Waals surface area (Å²) < 4.78 is 10.2. The summed E-state index contributed by atoms with van der Waals surface area (Å²) in [6.45, 7) is 14.4. The highest BCUT2D eigenvalue weighted by Crippen LogP contribution is 2.14. The number of alkyl halides is 1. The Kier molecular flexibility index (Phi) is 9.91. The van der Waals surface area contributed by atoms with Crippen molar-refractivity contribution in [3.63, 3.8) is 0 Å². The summed E-state index contributed by atoms with van der Waals surface area (Å²) in [7, 11) is 0. The van der Waals surface area contributed by atoms with Crippen molar-refractivity contribution in [1.29, 1.82) is 0 Å². The molecule has 0 saturated carbocycles. The summed E-state index contributed by atoms with van der Waals surface area (Å²) in [5.74, 6) is 0. The second-order valence-electron chi connectivity index (χ2n) is 5.97. The average Bonchev–Trinajstić information content (AvgIpc) is 2.13. The molecule has 0 aromatic heterocycles. The smallest absolute Gasteiger partial charge is 0.419 e. The van der Waals surface area contributed by atoms with E-state index in [-0.39, 0.29) is 6.54 Å². The first-order chi connectivity index (χ1) is 8.87. The van der Waals surface area contributed by atoms with Gasteiger partial charge in [-0.2, -0.15) is 0 Å². The van der Waals surface area contributed by atoms with Gasteiger partial charge < -0.3 is 9.47 Å². The molecule has 0 radical (unpaired) electrons. The Hall–Kier alpha value is -0.780. The maximum atomic E-state index is 11.7. The molecule has 0 fully saturated rings. The Morgan fingerprint density at radius 3 is 1.30 bits per heavy atom. The lowest BCUT2D eigenvalue weighted by Crippen LogP contribution is -2.43. The van der Waals surface area contributed by atoms with Crippen molar-refractivity contribution >= 4 is 28.1 Å². The van der Waals surface area contributed by atoms with Gasteiger partial charge in [0.1, 0.15) is 11.2 Å². The van der Waals surface area contributed by atoms with Crippen LogP contribution in [0.15, 0.2) is 0 Å². The van der Waals surface area contributed by atoms with Crippen molar-refractivity contribution < 1.29 is 19.1 Å². The predicted octanol–water partition coefficient (Wildman–Crippen LogP) is 4.58. The molecule has 0 aliphatic carbocycles. The van der Waals surface area contributed by atoms with E-state index in [1.54, 1.807) is 48.5 Å². The number of amides is 2. The molecule has 0 aliphatic rings. The third kappa shape index (κ3) is 12.3. The maximum Gasteiger partial charge on any atom is 0.419 e. The number of carbonyl (C=O) groups excluding carboxylic acids is 2. The number of carbonyl (C=O) groups is 2. The molecule has 0 aliphatic heterocycles. The Labute approximate surface area is 131 Å². The van der Waals surface area contributed by atoms with Crippen LogP contribution >= 0.6 is 15.9 Å². The molecule has 2 amide bonds. The zero-order chi connectivity index (χ0) is 16.6. The van der Waals surface area contributed by atoms with Gasteiger partial charge in [-0.05, 0) is 48.5 Å². The molecular formula is C14H28BrNO4. The van der Waals surface area contributed by atoms with Crippen LogP contribution in [0, 0.1) is 0 Å². The molecule has 0 spiro atoms. The van der Waals surface area contributed by atoms with Crippen LogP contribution in [-0.2, 0) is 9.47 Å². The molecule has 120 valence electrons. The van der Waals surface area contributed by atoms with E-state index in [2.05, 4.69) is 15.9 Å². The Bertz CT molecular complexity index is 277. The number of nitrogens with zero attached hydrogens (tertiary/aromatic N) is 1. The van der Waals surface area contributed by atoms with E-state index in [0.29, 0.717) is 0 Å². The molecule has 0 bridgehead atoms. The minimum absolute atomic E-state index is 0.212. The van der Waals surface area contributed by atoms with Crippen LogP contribution in [0.1, 0.15) is 55.4 Å². The number of hydrogen-bond acceptors (Lipinski definition) is 4. The molecule has 0 unspecified atom stereocenters. The van der Waals surface area contributed by atoms with Crippen LogP contribution < -0.4 is 0 Å². The number of ether oxygens (including phenoxy) is 2. The van der Waals surface area contributed by atoms with Gasteiger partial charge >= 0.3 is 12.2 Å². The van der Waals surface area contributed by atoms with Gasteiger partial charge in [0.2, 0.25) is 0 Å². The van der Waals surface area contributed by atoms with Crippen molar-refractivity contribution in [3.8, 4) is 0 Å². The van der Waals surface area contributed by atoms with Crippen molar-refractivity contribution in [2.75, 3.05) is 11.9 Å². The standard InChI is InChI=1S/C12H23NO4.C2H5Br/c1-8-13(9(14)16-11(2,3)4)10(15)17-12(5,6)7;1-2-3/h8H2,1-7H3;2H2,1H3. The SMILES string of the molecule is CCBr.CCN(C(=O)OC(C)(C)C)C(=O)OC(C)(C)C. The van der Waals surface area contributed by atoms with Crippen molar-refractivity contribution in [1.82, 2.24) is 4.90 Å². The van der Waals surface area contributed by atoms with E-state index in [4.69, 9.17) is 9.47 Å². The van der Waals surface area contributed by atoms with Crippen LogP contribution in [0.3, 0.4) is 0 Å². The molecule has 5 nitrogen and oxygen atoms in total. The highest BCUT2D eigenvalue weighted by atomic mass is 79.9. The number of hydrogen-bond donors (Lipinski definition) is 0. The topological polar surface area (TPSA) is 55.8 Å². The summed E-state index contributed by atoms with van der Waals surface area (Å²) in [5, 5.41) is 1.06. The molecule has 20 heavy (non-hydrogen) atoms. The molecular weight excluding hydrogens is 326 g/mol. The van der Waals surface area contributed by atoms with E-state index in [1.807, 2.05) is 6.92 Å². The third-order valence-electron chi connectivity index (χ3n) is 1.54. The van der Waals surface area contributed by atoms with Crippen LogP contribution in [-0.4, -0.2) is 40.2 Å². The van der Waals surface area contributed by atoms with E-state index in [1.165, 1.54) is 0 Å². The number of imide groups is 1. The maximum absolute atomic E-state index is 11.7. The van der Waals surface area contributed by atoms with Gasteiger partial charge in [0.05, 0.1) is 0 Å². The van der Waals surface area contributed by atoms with E-state index in [9.17, 15) is 9.59 Å². The Morgan fingerprint density at radius 2 is 1.15 bits per heavy atom. The van der Waals surface area contributed by atoms with Crippen LogP contribution in [0.25, 0.3) is 0 Å². The quantitative estimate of drug-likeness (QED) is 0.647. The van der Waals surface area contributed by atoms with E-state index in [0.717, 1.165) is 10.2 Å². The first-order valence-corrected chi connectivity index (χ1v) is 7.79. The van der Waals surface area contributed by atoms with Gasteiger partial charge in [-0.15, -0.1) is 0 Å². The second-order valence-corrected chi connectivity index (χ2v) is 7.09. The first-order valence-electron chi connectivity index (χ1n) is 6.67. The van der Waals surface area contributed by atoms with Crippen LogP contribution in [0.2, 0.25) is 0 Å². The molecule has 0 rings (SSSR count). The minimum atomic E-state index is -0.686. The second kappa shape index (κ2) is 9.21. The lowest BCUT2D eigenvalue weighted by atomic mass is 10.2. The zero-order valence-corrected chi connectivity index (χ0v) is 15.5. The van der Waals surface area contributed by atoms with Gasteiger partial charge in [-0.3, -0.25) is 0 Å². The van der Waals surface area contributed by atoms with Crippen LogP contribution in [0.5, 0.6) is 0 Å². The summed E-state index contributed by atoms with van der Waals surface area (Å²) in [6, 6.07) is 0. The van der Waals surface area contributed by atoms with Crippen LogP contribution in [0.4, 0.5) is 9.59 Å².